The summed E-state index contributed by atoms with van der Waals surface area (Å²) in [5, 5.41) is 1.13. The first-order valence-electron chi connectivity index (χ1n) is 7.53. The number of hydrogen-bond donors (Lipinski definition) is 0. The van der Waals surface area contributed by atoms with Crippen LogP contribution in [-0.4, -0.2) is 53.7 Å². The first-order valence-corrected chi connectivity index (χ1v) is 8.72. The largest absolute Gasteiger partial charge is 0.462 e. The molecule has 0 spiro atoms. The summed E-state index contributed by atoms with van der Waals surface area (Å²) in [6.07, 6.45) is 0. The topological polar surface area (TPSA) is 64.5 Å². The van der Waals surface area contributed by atoms with Crippen LogP contribution in [0.25, 0.3) is 10.2 Å². The second kappa shape index (κ2) is 7.09. The lowest BCUT2D eigenvalue weighted by atomic mass is 10.2. The number of nitrogens with zero attached hydrogens (tertiary/aromatic N) is 3. The Balaban J connectivity index is 1.92. The van der Waals surface area contributed by atoms with Crippen molar-refractivity contribution in [1.82, 2.24) is 14.9 Å². The Morgan fingerprint density at radius 1 is 1.39 bits per heavy atom. The quantitative estimate of drug-likeness (QED) is 0.620. The van der Waals surface area contributed by atoms with Crippen molar-refractivity contribution in [2.75, 3.05) is 32.9 Å². The van der Waals surface area contributed by atoms with Gasteiger partial charge in [0, 0.05) is 13.1 Å². The van der Waals surface area contributed by atoms with Crippen LogP contribution < -0.4 is 0 Å². The number of esters is 1. The zero-order valence-corrected chi connectivity index (χ0v) is 14.7. The van der Waals surface area contributed by atoms with Gasteiger partial charge in [-0.2, -0.15) is 0 Å². The first kappa shape index (κ1) is 16.6. The molecule has 0 unspecified atom stereocenters. The molecule has 124 valence electrons. The van der Waals surface area contributed by atoms with E-state index in [0.29, 0.717) is 29.0 Å². The predicted molar refractivity (Wildman–Crippen MR) is 89.2 cm³/mol. The van der Waals surface area contributed by atoms with Gasteiger partial charge in [0.25, 0.3) is 0 Å². The third-order valence-corrected chi connectivity index (χ3v) is 5.16. The molecule has 1 fully saturated rings. The van der Waals surface area contributed by atoms with Crippen molar-refractivity contribution in [2.24, 2.45) is 0 Å². The number of thiophene rings is 1. The number of rotatable bonds is 4. The molecular formula is C15H18ClN3O3S. The summed E-state index contributed by atoms with van der Waals surface area (Å²) in [6, 6.07) is 0. The molecule has 1 saturated heterocycles. The highest BCUT2D eigenvalue weighted by Crippen LogP contribution is 2.34. The molecule has 0 saturated carbocycles. The predicted octanol–water partition coefficient (Wildman–Crippen LogP) is 2.66. The molecule has 0 radical (unpaired) electrons. The van der Waals surface area contributed by atoms with Crippen LogP contribution in [0.3, 0.4) is 0 Å². The van der Waals surface area contributed by atoms with Crippen LogP contribution in [0, 0.1) is 6.92 Å². The van der Waals surface area contributed by atoms with E-state index in [-0.39, 0.29) is 5.97 Å². The van der Waals surface area contributed by atoms with E-state index in [1.165, 1.54) is 11.3 Å². The SMILES string of the molecule is CCOC(=O)c1sc2nc(CN3CCOCC3)nc(Cl)c2c1C. The van der Waals surface area contributed by atoms with Crippen molar-refractivity contribution < 1.29 is 14.3 Å². The zero-order chi connectivity index (χ0) is 16.4. The number of hydrogen-bond acceptors (Lipinski definition) is 7. The minimum atomic E-state index is -0.334. The van der Waals surface area contributed by atoms with Crippen molar-refractivity contribution in [3.05, 3.63) is 21.4 Å². The van der Waals surface area contributed by atoms with Gasteiger partial charge in [0.1, 0.15) is 20.7 Å². The van der Waals surface area contributed by atoms with Crippen molar-refractivity contribution in [3.8, 4) is 0 Å². The Bertz CT molecular complexity index is 728. The Hall–Kier alpha value is -1.28. The van der Waals surface area contributed by atoms with E-state index >= 15 is 0 Å². The molecule has 0 bridgehead atoms. The molecule has 3 rings (SSSR count). The zero-order valence-electron chi connectivity index (χ0n) is 13.1. The van der Waals surface area contributed by atoms with Gasteiger partial charge in [-0.05, 0) is 19.4 Å². The third kappa shape index (κ3) is 3.47. The Morgan fingerprint density at radius 2 is 2.13 bits per heavy atom. The van der Waals surface area contributed by atoms with Gasteiger partial charge in [0.15, 0.2) is 0 Å². The lowest BCUT2D eigenvalue weighted by Gasteiger charge is -2.25. The van der Waals surface area contributed by atoms with Gasteiger partial charge in [0.05, 0.1) is 31.8 Å². The Morgan fingerprint density at radius 3 is 2.83 bits per heavy atom. The number of fused-ring (bicyclic) bond motifs is 1. The molecule has 2 aromatic heterocycles. The minimum absolute atomic E-state index is 0.334. The second-order valence-corrected chi connectivity index (χ2v) is 6.63. The summed E-state index contributed by atoms with van der Waals surface area (Å²) < 4.78 is 10.4. The summed E-state index contributed by atoms with van der Waals surface area (Å²) in [4.78, 5) is 24.5. The summed E-state index contributed by atoms with van der Waals surface area (Å²) in [5.41, 5.74) is 0.784. The molecule has 0 atom stereocenters. The molecule has 0 amide bonds. The van der Waals surface area contributed by atoms with E-state index < -0.39 is 0 Å². The number of carbonyl (C=O) groups is 1. The standard InChI is InChI=1S/C15H18ClN3O3S/c1-3-22-15(20)12-9(2)11-13(16)17-10(18-14(11)23-12)8-19-4-6-21-7-5-19/h3-8H2,1-2H3. The van der Waals surface area contributed by atoms with Gasteiger partial charge in [-0.15, -0.1) is 11.3 Å². The van der Waals surface area contributed by atoms with E-state index in [0.717, 1.165) is 42.1 Å². The normalized spacial score (nSPS) is 16.0. The van der Waals surface area contributed by atoms with E-state index in [2.05, 4.69) is 14.9 Å². The summed E-state index contributed by atoms with van der Waals surface area (Å²) >= 11 is 7.65. The highest BCUT2D eigenvalue weighted by molar-refractivity contribution is 7.20. The molecule has 0 N–H and O–H groups in total. The number of aromatic nitrogens is 2. The van der Waals surface area contributed by atoms with Crippen molar-refractivity contribution in [1.29, 1.82) is 0 Å². The van der Waals surface area contributed by atoms with Crippen molar-refractivity contribution in [2.45, 2.75) is 20.4 Å². The molecule has 1 aliphatic rings. The van der Waals surface area contributed by atoms with Crippen LogP contribution in [0.4, 0.5) is 0 Å². The van der Waals surface area contributed by atoms with E-state index in [4.69, 9.17) is 21.1 Å². The van der Waals surface area contributed by atoms with E-state index in [1.54, 1.807) is 6.92 Å². The maximum atomic E-state index is 12.0. The van der Waals surface area contributed by atoms with E-state index in [9.17, 15) is 4.79 Å². The maximum absolute atomic E-state index is 12.0. The molecule has 3 heterocycles. The molecule has 23 heavy (non-hydrogen) atoms. The Labute approximate surface area is 143 Å². The number of ether oxygens (including phenoxy) is 2. The number of halogens is 1. The highest BCUT2D eigenvalue weighted by Gasteiger charge is 2.21. The van der Waals surface area contributed by atoms with Gasteiger partial charge in [-0.3, -0.25) is 4.90 Å². The highest BCUT2D eigenvalue weighted by atomic mass is 35.5. The molecule has 1 aliphatic heterocycles. The average molecular weight is 356 g/mol. The van der Waals surface area contributed by atoms with Crippen LogP contribution in [0.1, 0.15) is 28.0 Å². The number of morpholine rings is 1. The second-order valence-electron chi connectivity index (χ2n) is 5.28. The van der Waals surface area contributed by atoms with Gasteiger partial charge in [0.2, 0.25) is 0 Å². The molecule has 2 aromatic rings. The fourth-order valence-electron chi connectivity index (χ4n) is 2.55. The van der Waals surface area contributed by atoms with Crippen LogP contribution >= 0.6 is 22.9 Å². The lowest BCUT2D eigenvalue weighted by molar-refractivity contribution is 0.0331. The molecule has 6 nitrogen and oxygen atoms in total. The van der Waals surface area contributed by atoms with Crippen molar-refractivity contribution in [3.63, 3.8) is 0 Å². The van der Waals surface area contributed by atoms with Crippen LogP contribution in [0.15, 0.2) is 0 Å². The van der Waals surface area contributed by atoms with Gasteiger partial charge >= 0.3 is 5.97 Å². The van der Waals surface area contributed by atoms with Gasteiger partial charge < -0.3 is 9.47 Å². The number of carbonyl (C=O) groups excluding carboxylic acids is 1. The Kier molecular flexibility index (Phi) is 5.11. The van der Waals surface area contributed by atoms with Gasteiger partial charge in [-0.25, -0.2) is 14.8 Å². The fraction of sp³-hybridized carbons (Fsp3) is 0.533. The molecule has 0 aliphatic carbocycles. The minimum Gasteiger partial charge on any atom is -0.462 e. The first-order chi connectivity index (χ1) is 11.1. The smallest absolute Gasteiger partial charge is 0.348 e. The van der Waals surface area contributed by atoms with Crippen LogP contribution in [-0.2, 0) is 16.0 Å². The number of aryl methyl sites for hydroxylation is 1. The van der Waals surface area contributed by atoms with Crippen LogP contribution in [0.2, 0.25) is 5.15 Å². The molecule has 8 heteroatoms. The summed E-state index contributed by atoms with van der Waals surface area (Å²) in [7, 11) is 0. The third-order valence-electron chi connectivity index (χ3n) is 3.72. The summed E-state index contributed by atoms with van der Waals surface area (Å²) in [6.45, 7) is 7.77. The van der Waals surface area contributed by atoms with E-state index in [1.807, 2.05) is 6.92 Å². The maximum Gasteiger partial charge on any atom is 0.348 e. The van der Waals surface area contributed by atoms with Crippen LogP contribution in [0.5, 0.6) is 0 Å². The van der Waals surface area contributed by atoms with Crippen molar-refractivity contribution >= 4 is 39.1 Å². The summed E-state index contributed by atoms with van der Waals surface area (Å²) in [5.74, 6) is 0.333. The van der Waals surface area contributed by atoms with Gasteiger partial charge in [-0.1, -0.05) is 11.6 Å². The monoisotopic (exact) mass is 355 g/mol. The molecular weight excluding hydrogens is 338 g/mol. The average Bonchev–Trinajstić information content (AvgIpc) is 2.86. The fourth-order valence-corrected chi connectivity index (χ4v) is 4.03. The molecule has 0 aromatic carbocycles. The lowest BCUT2D eigenvalue weighted by Crippen LogP contribution is -2.36.